The van der Waals surface area contributed by atoms with Crippen LogP contribution in [-0.2, 0) is 9.59 Å². The van der Waals surface area contributed by atoms with Gasteiger partial charge in [0.1, 0.15) is 0 Å². The van der Waals surface area contributed by atoms with Crippen molar-refractivity contribution in [3.63, 3.8) is 0 Å². The summed E-state index contributed by atoms with van der Waals surface area (Å²) in [5.74, 6) is -0.288. The maximum absolute atomic E-state index is 11.0. The molecule has 0 aliphatic rings. The lowest BCUT2D eigenvalue weighted by molar-refractivity contribution is -0.119. The zero-order valence-electron chi connectivity index (χ0n) is 11.3. The number of rotatable bonds is 6. The fourth-order valence-electron chi connectivity index (χ4n) is 0.742. The van der Waals surface area contributed by atoms with Gasteiger partial charge < -0.3 is 10.4 Å². The van der Waals surface area contributed by atoms with Gasteiger partial charge in [-0.25, -0.2) is 0 Å². The number of allylic oxidation sites excluding steroid dienone is 1. The lowest BCUT2D eigenvalue weighted by Gasteiger charge is -1.97. The monoisotopic (exact) mass is 245 g/mol. The highest BCUT2D eigenvalue weighted by Gasteiger charge is 2.02. The summed E-state index contributed by atoms with van der Waals surface area (Å²) >= 11 is 0. The summed E-state index contributed by atoms with van der Waals surface area (Å²) in [6.45, 7) is 8.40. The lowest BCUT2D eigenvalue weighted by Crippen LogP contribution is -2.20. The van der Waals surface area contributed by atoms with E-state index in [0.717, 1.165) is 12.8 Å². The molecule has 0 saturated carbocycles. The zero-order valence-corrected chi connectivity index (χ0v) is 11.3. The number of carbonyl (C=O) groups is 2. The van der Waals surface area contributed by atoms with Gasteiger partial charge in [-0.15, -0.1) is 0 Å². The van der Waals surface area contributed by atoms with Crippen molar-refractivity contribution in [1.29, 1.82) is 0 Å². The molecule has 4 nitrogen and oxygen atoms in total. The maximum Gasteiger partial charge on any atom is 0.244 e. The summed E-state index contributed by atoms with van der Waals surface area (Å²) in [6.07, 6.45) is 4.62. The zero-order chi connectivity index (χ0) is 13.7. The Hall–Kier alpha value is -1.16. The van der Waals surface area contributed by atoms with Gasteiger partial charge in [0.25, 0.3) is 0 Å². The second kappa shape index (κ2) is 12.9. The highest BCUT2D eigenvalue weighted by atomic mass is 16.2. The molecule has 0 aliphatic carbocycles. The third-order valence-electron chi connectivity index (χ3n) is 1.83. The number of unbranched alkanes of at least 4 members (excludes halogenated alkanes) is 1. The fraction of sp³-hybridized carbons (Fsp3) is 0.692. The van der Waals surface area contributed by atoms with Gasteiger partial charge in [-0.3, -0.25) is 9.59 Å². The minimum absolute atomic E-state index is 0. The van der Waals surface area contributed by atoms with E-state index in [9.17, 15) is 9.59 Å². The van der Waals surface area contributed by atoms with E-state index in [1.807, 2.05) is 6.92 Å². The first-order valence-corrected chi connectivity index (χ1v) is 6.10. The first kappa shape index (κ1) is 18.2. The topological polar surface area (TPSA) is 66.4 Å². The molecule has 1 amide bonds. The first-order chi connectivity index (χ1) is 7.99. The maximum atomic E-state index is 11.0. The number of hydrogen-bond donors (Lipinski definition) is 2. The first-order valence-electron chi connectivity index (χ1n) is 6.10. The predicted molar refractivity (Wildman–Crippen MR) is 71.8 cm³/mol. The van der Waals surface area contributed by atoms with Crippen LogP contribution in [0.3, 0.4) is 0 Å². The number of aliphatic hydroxyl groups excluding tert-OH is 1. The number of carbonyl (C=O) groups excluding carboxylic acids is 2. The second-order valence-electron chi connectivity index (χ2n) is 3.86. The number of ketones is 1. The van der Waals surface area contributed by atoms with Crippen molar-refractivity contribution in [2.24, 2.45) is 5.92 Å². The number of amides is 1. The molecule has 0 atom stereocenters. The van der Waals surface area contributed by atoms with Crippen LogP contribution >= 0.6 is 0 Å². The quantitative estimate of drug-likeness (QED) is 0.703. The summed E-state index contributed by atoms with van der Waals surface area (Å²) in [5.41, 5.74) is 0. The summed E-state index contributed by atoms with van der Waals surface area (Å²) in [5, 5.41) is 10.6. The SMILES string of the molecule is CCCCO.CCNC(=O)/C=C/C(=O)C(C)C.[HH]. The Morgan fingerprint density at radius 3 is 2.18 bits per heavy atom. The van der Waals surface area contributed by atoms with Gasteiger partial charge in [-0.05, 0) is 19.4 Å². The Balaban J connectivity index is -0.000000321. The molecule has 0 radical (unpaired) electrons. The molecule has 0 saturated heterocycles. The summed E-state index contributed by atoms with van der Waals surface area (Å²) in [7, 11) is 0. The van der Waals surface area contributed by atoms with Crippen molar-refractivity contribution in [2.75, 3.05) is 13.2 Å². The van der Waals surface area contributed by atoms with Gasteiger partial charge in [-0.1, -0.05) is 27.2 Å². The van der Waals surface area contributed by atoms with Crippen LogP contribution in [-0.4, -0.2) is 29.9 Å². The molecule has 0 heterocycles. The smallest absolute Gasteiger partial charge is 0.244 e. The molecule has 0 unspecified atom stereocenters. The van der Waals surface area contributed by atoms with E-state index in [-0.39, 0.29) is 19.0 Å². The normalized spacial score (nSPS) is 10.0. The van der Waals surface area contributed by atoms with E-state index < -0.39 is 0 Å². The number of hydrogen-bond acceptors (Lipinski definition) is 3. The van der Waals surface area contributed by atoms with Crippen LogP contribution in [0.5, 0.6) is 0 Å². The minimum Gasteiger partial charge on any atom is -0.396 e. The van der Waals surface area contributed by atoms with Gasteiger partial charge in [0.2, 0.25) is 5.91 Å². The molecule has 0 bridgehead atoms. The van der Waals surface area contributed by atoms with Crippen LogP contribution in [0, 0.1) is 5.92 Å². The summed E-state index contributed by atoms with van der Waals surface area (Å²) in [6, 6.07) is 0. The van der Waals surface area contributed by atoms with Gasteiger partial charge in [0, 0.05) is 26.6 Å². The largest absolute Gasteiger partial charge is 0.396 e. The Kier molecular flexibility index (Phi) is 13.8. The number of nitrogens with one attached hydrogen (secondary N) is 1. The third kappa shape index (κ3) is 14.8. The fourth-order valence-corrected chi connectivity index (χ4v) is 0.742. The lowest BCUT2D eigenvalue weighted by atomic mass is 10.1. The molecule has 0 fully saturated rings. The van der Waals surface area contributed by atoms with E-state index in [0.29, 0.717) is 13.2 Å². The predicted octanol–water partition coefficient (Wildman–Crippen LogP) is 1.93. The molecule has 0 aromatic carbocycles. The standard InChI is InChI=1S/C9H15NO2.C4H10O.H2/c1-4-10-9(12)6-5-8(11)7(2)3;1-2-3-4-5;/h5-7H,4H2,1-3H3,(H,10,12);5H,2-4H2,1H3;1H/b6-5+;;. The van der Waals surface area contributed by atoms with Crippen molar-refractivity contribution in [1.82, 2.24) is 5.32 Å². The van der Waals surface area contributed by atoms with Crippen molar-refractivity contribution in [3.8, 4) is 0 Å². The highest BCUT2D eigenvalue weighted by molar-refractivity contribution is 5.98. The van der Waals surface area contributed by atoms with Crippen LogP contribution in [0.15, 0.2) is 12.2 Å². The van der Waals surface area contributed by atoms with E-state index in [1.165, 1.54) is 12.2 Å². The second-order valence-corrected chi connectivity index (χ2v) is 3.86. The van der Waals surface area contributed by atoms with E-state index in [1.54, 1.807) is 13.8 Å². The molecule has 4 heteroatoms. The molecule has 2 N–H and O–H groups in total. The van der Waals surface area contributed by atoms with E-state index >= 15 is 0 Å². The van der Waals surface area contributed by atoms with Crippen molar-refractivity contribution in [3.05, 3.63) is 12.2 Å². The van der Waals surface area contributed by atoms with Crippen molar-refractivity contribution >= 4 is 11.7 Å². The van der Waals surface area contributed by atoms with Gasteiger partial charge in [0.15, 0.2) is 5.78 Å². The molecule has 17 heavy (non-hydrogen) atoms. The Bertz CT molecular complexity index is 238. The number of likely N-dealkylation sites (N-methyl/N-ethyl adjacent to an activating group) is 1. The van der Waals surface area contributed by atoms with E-state index in [2.05, 4.69) is 12.2 Å². The van der Waals surface area contributed by atoms with Crippen LogP contribution in [0.4, 0.5) is 0 Å². The molecular formula is C13H27NO3. The van der Waals surface area contributed by atoms with Crippen LogP contribution < -0.4 is 5.32 Å². The third-order valence-corrected chi connectivity index (χ3v) is 1.83. The van der Waals surface area contributed by atoms with Crippen molar-refractivity contribution < 1.29 is 16.1 Å². The van der Waals surface area contributed by atoms with Crippen molar-refractivity contribution in [2.45, 2.75) is 40.5 Å². The Labute approximate surface area is 106 Å². The van der Waals surface area contributed by atoms with Gasteiger partial charge in [0.05, 0.1) is 0 Å². The number of aliphatic hydroxyl groups is 1. The molecule has 0 aliphatic heterocycles. The molecule has 0 rings (SSSR count). The van der Waals surface area contributed by atoms with Crippen LogP contribution in [0.1, 0.15) is 42.0 Å². The highest BCUT2D eigenvalue weighted by Crippen LogP contribution is 1.94. The Morgan fingerprint density at radius 2 is 1.88 bits per heavy atom. The summed E-state index contributed by atoms with van der Waals surface area (Å²) < 4.78 is 0. The van der Waals surface area contributed by atoms with E-state index in [4.69, 9.17) is 5.11 Å². The molecule has 0 aromatic rings. The Morgan fingerprint density at radius 1 is 1.29 bits per heavy atom. The van der Waals surface area contributed by atoms with Gasteiger partial charge >= 0.3 is 0 Å². The molecular weight excluding hydrogens is 218 g/mol. The minimum atomic E-state index is -0.216. The van der Waals surface area contributed by atoms with Crippen LogP contribution in [0.2, 0.25) is 0 Å². The molecule has 0 spiro atoms. The summed E-state index contributed by atoms with van der Waals surface area (Å²) in [4.78, 5) is 21.8. The average Bonchev–Trinajstić information content (AvgIpc) is 2.28. The molecule has 102 valence electrons. The molecule has 0 aromatic heterocycles. The van der Waals surface area contributed by atoms with Crippen LogP contribution in [0.25, 0.3) is 0 Å². The average molecular weight is 245 g/mol. The van der Waals surface area contributed by atoms with Gasteiger partial charge in [-0.2, -0.15) is 0 Å².